The van der Waals surface area contributed by atoms with E-state index in [1.165, 1.54) is 0 Å². The number of nitrogens with two attached hydrogens (primary N) is 1. The van der Waals surface area contributed by atoms with Gasteiger partial charge >= 0.3 is 0 Å². The first-order valence-corrected chi connectivity index (χ1v) is 4.69. The quantitative estimate of drug-likeness (QED) is 0.537. The lowest BCUT2D eigenvalue weighted by molar-refractivity contribution is 0.861. The van der Waals surface area contributed by atoms with E-state index in [9.17, 15) is 0 Å². The molecule has 0 radical (unpaired) electrons. The van der Waals surface area contributed by atoms with Gasteiger partial charge in [-0.1, -0.05) is 56.7 Å². The highest BCUT2D eigenvalue weighted by molar-refractivity contribution is 14.1. The zero-order valence-corrected chi connectivity index (χ0v) is 8.46. The van der Waals surface area contributed by atoms with Gasteiger partial charge in [-0.25, -0.2) is 0 Å². The van der Waals surface area contributed by atoms with Gasteiger partial charge in [-0.05, 0) is 0 Å². The van der Waals surface area contributed by atoms with Crippen molar-refractivity contribution >= 4 is 38.5 Å². The fourth-order valence-electron chi connectivity index (χ4n) is 0.643. The van der Waals surface area contributed by atoms with Gasteiger partial charge in [0.1, 0.15) is 0 Å². The molecule has 2 N–H and O–H groups in total. The van der Waals surface area contributed by atoms with Gasteiger partial charge < -0.3 is 5.73 Å². The molecular weight excluding hydrogens is 293 g/mol. The Kier molecular flexibility index (Phi) is 2.73. The minimum absolute atomic E-state index is 0.171. The Labute approximate surface area is 76.6 Å². The predicted molar refractivity (Wildman–Crippen MR) is 51.9 cm³/mol. The van der Waals surface area contributed by atoms with Gasteiger partial charge in [-0.3, -0.25) is 0 Å². The van der Waals surface area contributed by atoms with Gasteiger partial charge in [0.05, 0.1) is 0 Å². The maximum Gasteiger partial charge on any atom is 0.0480 e. The normalized spacial score (nSPS) is 34.3. The Morgan fingerprint density at radius 3 is 2.78 bits per heavy atom. The highest BCUT2D eigenvalue weighted by atomic mass is 127. The van der Waals surface area contributed by atoms with Gasteiger partial charge in [-0.15, -0.1) is 0 Å². The topological polar surface area (TPSA) is 26.0 Å². The molecule has 0 bridgehead atoms. The lowest BCUT2D eigenvalue weighted by atomic mass is 10.1. The summed E-state index contributed by atoms with van der Waals surface area (Å²) in [6, 6.07) is 0.171. The van der Waals surface area contributed by atoms with E-state index >= 15 is 0 Å². The molecule has 1 nitrogen and oxygen atoms in total. The second-order valence-electron chi connectivity index (χ2n) is 1.93. The van der Waals surface area contributed by atoms with Crippen molar-refractivity contribution in [2.45, 2.75) is 9.97 Å². The van der Waals surface area contributed by atoms with Crippen molar-refractivity contribution in [2.75, 3.05) is 0 Å². The van der Waals surface area contributed by atoms with Crippen molar-refractivity contribution in [3.05, 3.63) is 22.7 Å². The molecule has 9 heavy (non-hydrogen) atoms. The van der Waals surface area contributed by atoms with Gasteiger partial charge in [0, 0.05) is 14.4 Å². The first-order valence-electron chi connectivity index (χ1n) is 2.65. The van der Waals surface area contributed by atoms with Crippen molar-refractivity contribution in [2.24, 2.45) is 5.73 Å². The summed E-state index contributed by atoms with van der Waals surface area (Å²) < 4.78 is 1.53. The molecule has 2 unspecified atom stereocenters. The average Bonchev–Trinajstić information content (AvgIpc) is 1.80. The van der Waals surface area contributed by atoms with Crippen molar-refractivity contribution < 1.29 is 0 Å². The van der Waals surface area contributed by atoms with Crippen LogP contribution in [0.25, 0.3) is 0 Å². The van der Waals surface area contributed by atoms with Crippen LogP contribution in [0.1, 0.15) is 0 Å². The molecule has 0 amide bonds. The van der Waals surface area contributed by atoms with E-state index in [0.29, 0.717) is 3.92 Å². The van der Waals surface area contributed by atoms with Crippen LogP contribution in [0.2, 0.25) is 0 Å². The van der Waals surface area contributed by atoms with Crippen LogP contribution in [0.5, 0.6) is 0 Å². The summed E-state index contributed by atoms with van der Waals surface area (Å²) in [4.78, 5) is 0. The van der Waals surface area contributed by atoms with Gasteiger partial charge in [0.25, 0.3) is 0 Å². The Bertz CT molecular complexity index is 164. The summed E-state index contributed by atoms with van der Waals surface area (Å²) in [6.07, 6.45) is 6.13. The van der Waals surface area contributed by atoms with Crippen molar-refractivity contribution in [3.8, 4) is 0 Å². The van der Waals surface area contributed by atoms with E-state index in [0.717, 1.165) is 4.48 Å². The van der Waals surface area contributed by atoms with Crippen LogP contribution in [0.3, 0.4) is 0 Å². The molecule has 3 heteroatoms. The van der Waals surface area contributed by atoms with Crippen LogP contribution in [0, 0.1) is 0 Å². The third-order valence-electron chi connectivity index (χ3n) is 1.16. The van der Waals surface area contributed by atoms with E-state index < -0.39 is 0 Å². The van der Waals surface area contributed by atoms with E-state index in [1.807, 2.05) is 12.2 Å². The first-order chi connectivity index (χ1) is 4.20. The molecule has 0 aromatic rings. The molecule has 1 aliphatic rings. The molecule has 0 aliphatic heterocycles. The highest BCUT2D eigenvalue weighted by Crippen LogP contribution is 2.19. The molecule has 2 atom stereocenters. The molecule has 50 valence electrons. The van der Waals surface area contributed by atoms with Crippen molar-refractivity contribution in [1.82, 2.24) is 0 Å². The Morgan fingerprint density at radius 1 is 1.67 bits per heavy atom. The number of halogens is 2. The van der Waals surface area contributed by atoms with E-state index in [2.05, 4.69) is 44.6 Å². The molecule has 0 aromatic carbocycles. The van der Waals surface area contributed by atoms with Crippen molar-refractivity contribution in [1.29, 1.82) is 0 Å². The third kappa shape index (κ3) is 2.05. The predicted octanol–water partition coefficient (Wildman–Crippen LogP) is 1.97. The second-order valence-corrected chi connectivity index (χ2v) is 4.29. The Hall–Kier alpha value is 0.650. The third-order valence-corrected chi connectivity index (χ3v) is 2.93. The Morgan fingerprint density at radius 2 is 2.33 bits per heavy atom. The van der Waals surface area contributed by atoms with Crippen LogP contribution >= 0.6 is 38.5 Å². The number of hydrogen-bond donors (Lipinski definition) is 1. The number of hydrogen-bond acceptors (Lipinski definition) is 1. The van der Waals surface area contributed by atoms with Crippen LogP contribution in [-0.2, 0) is 0 Å². The minimum atomic E-state index is 0.171. The fourth-order valence-corrected chi connectivity index (χ4v) is 1.52. The summed E-state index contributed by atoms with van der Waals surface area (Å²) in [5.74, 6) is 0. The number of alkyl halides is 1. The smallest absolute Gasteiger partial charge is 0.0480 e. The standard InChI is InChI=1S/C6H7BrIN/c7-4-1-2-5(8)6(9)3-4/h1-3,5-6H,9H2. The number of allylic oxidation sites excluding steroid dienone is 2. The molecule has 1 aliphatic carbocycles. The largest absolute Gasteiger partial charge is 0.323 e. The van der Waals surface area contributed by atoms with Gasteiger partial charge in [0.2, 0.25) is 0 Å². The lowest BCUT2D eigenvalue weighted by Crippen LogP contribution is -2.28. The summed E-state index contributed by atoms with van der Waals surface area (Å²) in [7, 11) is 0. The molecule has 0 fully saturated rings. The minimum Gasteiger partial charge on any atom is -0.323 e. The van der Waals surface area contributed by atoms with E-state index in [-0.39, 0.29) is 6.04 Å². The Balaban J connectivity index is 2.70. The lowest BCUT2D eigenvalue weighted by Gasteiger charge is -2.14. The van der Waals surface area contributed by atoms with Crippen LogP contribution in [0.15, 0.2) is 22.7 Å². The molecular formula is C6H7BrIN. The van der Waals surface area contributed by atoms with Crippen molar-refractivity contribution in [3.63, 3.8) is 0 Å². The summed E-state index contributed by atoms with van der Waals surface area (Å²) >= 11 is 5.66. The SMILES string of the molecule is NC1C=C(Br)C=CC1I. The maximum atomic E-state index is 5.70. The summed E-state index contributed by atoms with van der Waals surface area (Å²) in [5, 5.41) is 0. The fraction of sp³-hybridized carbons (Fsp3) is 0.333. The molecule has 0 spiro atoms. The first kappa shape index (κ1) is 7.75. The van der Waals surface area contributed by atoms with E-state index in [4.69, 9.17) is 5.73 Å². The molecule has 0 heterocycles. The molecule has 0 saturated carbocycles. The average molecular weight is 300 g/mol. The van der Waals surface area contributed by atoms with Crippen LogP contribution < -0.4 is 5.73 Å². The summed E-state index contributed by atoms with van der Waals surface area (Å²) in [5.41, 5.74) is 5.70. The zero-order chi connectivity index (χ0) is 6.85. The number of rotatable bonds is 0. The molecule has 0 saturated heterocycles. The van der Waals surface area contributed by atoms with Gasteiger partial charge in [0.15, 0.2) is 0 Å². The second kappa shape index (κ2) is 3.16. The van der Waals surface area contributed by atoms with Crippen LogP contribution in [0.4, 0.5) is 0 Å². The maximum absolute atomic E-state index is 5.70. The van der Waals surface area contributed by atoms with Gasteiger partial charge in [-0.2, -0.15) is 0 Å². The zero-order valence-electron chi connectivity index (χ0n) is 4.72. The molecule has 0 aromatic heterocycles. The van der Waals surface area contributed by atoms with Crippen LogP contribution in [-0.4, -0.2) is 9.97 Å². The summed E-state index contributed by atoms with van der Waals surface area (Å²) in [6.45, 7) is 0. The monoisotopic (exact) mass is 299 g/mol. The van der Waals surface area contributed by atoms with E-state index in [1.54, 1.807) is 0 Å². The highest BCUT2D eigenvalue weighted by Gasteiger charge is 2.11. The molecule has 1 rings (SSSR count).